The molecule has 1 amide bonds. The van der Waals surface area contributed by atoms with Gasteiger partial charge < -0.3 is 24.6 Å². The zero-order valence-electron chi connectivity index (χ0n) is 19.9. The molecule has 0 aliphatic carbocycles. The Bertz CT molecular complexity index is 1300. The standard InChI is InChI=1S/C24H26Cl2N6O3/c1-24(2,3)35-23(33)32-11-13-9-14(32)10-31(13)18-8-7-16-20(30-18)22(28-12-27-16)29-17-6-5-15(25)19(26)21(17)34-4/h5-8,12-14H,9-11H2,1-4H3,(H,27,28,29)/t13-,14-/m0/s1. The molecular weight excluding hydrogens is 491 g/mol. The number of hydrogen-bond donors (Lipinski definition) is 1. The number of ether oxygens (including phenoxy) is 2. The number of fused-ring (bicyclic) bond motifs is 3. The summed E-state index contributed by atoms with van der Waals surface area (Å²) >= 11 is 12.4. The van der Waals surface area contributed by atoms with E-state index in [1.807, 2.05) is 37.8 Å². The van der Waals surface area contributed by atoms with Crippen LogP contribution in [0.25, 0.3) is 11.0 Å². The first-order valence-electron chi connectivity index (χ1n) is 11.3. The van der Waals surface area contributed by atoms with Gasteiger partial charge in [0, 0.05) is 13.1 Å². The summed E-state index contributed by atoms with van der Waals surface area (Å²) in [5.74, 6) is 1.75. The molecule has 184 valence electrons. The minimum Gasteiger partial charge on any atom is -0.493 e. The van der Waals surface area contributed by atoms with Gasteiger partial charge >= 0.3 is 6.09 Å². The highest BCUT2D eigenvalue weighted by molar-refractivity contribution is 6.43. The van der Waals surface area contributed by atoms with Crippen LogP contribution in [-0.4, -0.2) is 63.8 Å². The lowest BCUT2D eigenvalue weighted by atomic mass is 10.2. The van der Waals surface area contributed by atoms with E-state index in [0.29, 0.717) is 51.4 Å². The van der Waals surface area contributed by atoms with Crippen molar-refractivity contribution in [3.63, 3.8) is 0 Å². The van der Waals surface area contributed by atoms with Crippen LogP contribution in [0.5, 0.6) is 5.75 Å². The van der Waals surface area contributed by atoms with Crippen LogP contribution in [0, 0.1) is 0 Å². The maximum atomic E-state index is 12.6. The zero-order valence-corrected chi connectivity index (χ0v) is 21.4. The van der Waals surface area contributed by atoms with Crippen LogP contribution in [-0.2, 0) is 4.74 Å². The number of pyridine rings is 1. The Morgan fingerprint density at radius 3 is 2.60 bits per heavy atom. The van der Waals surface area contributed by atoms with E-state index in [1.165, 1.54) is 13.4 Å². The fourth-order valence-corrected chi connectivity index (χ4v) is 5.02. The van der Waals surface area contributed by atoms with E-state index in [9.17, 15) is 4.79 Å². The Hall–Kier alpha value is -3.04. The molecule has 2 atom stereocenters. The van der Waals surface area contributed by atoms with Gasteiger partial charge in [-0.2, -0.15) is 0 Å². The smallest absolute Gasteiger partial charge is 0.410 e. The molecule has 2 bridgehead atoms. The summed E-state index contributed by atoms with van der Waals surface area (Å²) in [6, 6.07) is 7.61. The third kappa shape index (κ3) is 4.50. The Balaban J connectivity index is 1.41. The summed E-state index contributed by atoms with van der Waals surface area (Å²) in [6.45, 7) is 6.94. The topological polar surface area (TPSA) is 92.7 Å². The molecule has 1 N–H and O–H groups in total. The van der Waals surface area contributed by atoms with Gasteiger partial charge in [0.2, 0.25) is 0 Å². The van der Waals surface area contributed by atoms with E-state index in [2.05, 4.69) is 20.2 Å². The Morgan fingerprint density at radius 1 is 1.11 bits per heavy atom. The average Bonchev–Trinajstić information content (AvgIpc) is 3.42. The number of nitrogens with zero attached hydrogens (tertiary/aromatic N) is 5. The number of anilines is 3. The average molecular weight is 517 g/mol. The number of nitrogens with one attached hydrogen (secondary N) is 1. The second-order valence-corrected chi connectivity index (χ2v) is 10.4. The van der Waals surface area contributed by atoms with Gasteiger partial charge in [0.25, 0.3) is 0 Å². The molecule has 2 fully saturated rings. The molecule has 35 heavy (non-hydrogen) atoms. The van der Waals surface area contributed by atoms with Crippen LogP contribution >= 0.6 is 23.2 Å². The molecule has 4 heterocycles. The fraction of sp³-hybridized carbons (Fsp3) is 0.417. The molecule has 2 saturated heterocycles. The first-order chi connectivity index (χ1) is 16.6. The molecule has 0 radical (unpaired) electrons. The number of piperazine rings is 1. The van der Waals surface area contributed by atoms with Crippen molar-refractivity contribution < 1.29 is 14.3 Å². The van der Waals surface area contributed by atoms with Gasteiger partial charge in [-0.15, -0.1) is 0 Å². The number of halogens is 2. The first-order valence-corrected chi connectivity index (χ1v) is 12.1. The normalized spacial score (nSPS) is 19.4. The van der Waals surface area contributed by atoms with Gasteiger partial charge in [0.05, 0.1) is 35.4 Å². The maximum Gasteiger partial charge on any atom is 0.410 e. The van der Waals surface area contributed by atoms with Crippen LogP contribution in [0.4, 0.5) is 22.1 Å². The van der Waals surface area contributed by atoms with E-state index in [1.54, 1.807) is 12.1 Å². The van der Waals surface area contributed by atoms with Gasteiger partial charge in [-0.05, 0) is 51.5 Å². The number of hydrogen-bond acceptors (Lipinski definition) is 8. The quantitative estimate of drug-likeness (QED) is 0.500. The minimum atomic E-state index is -0.515. The fourth-order valence-electron chi connectivity index (χ4n) is 4.63. The monoisotopic (exact) mass is 516 g/mol. The molecule has 5 rings (SSSR count). The SMILES string of the molecule is COc1c(Nc2ncnc3ccc(N4C[C@@H]5C[C@H]4CN5C(=O)OC(C)(C)C)nc23)ccc(Cl)c1Cl. The van der Waals surface area contributed by atoms with Crippen LogP contribution < -0.4 is 15.0 Å². The minimum absolute atomic E-state index is 0.0948. The second kappa shape index (κ2) is 8.87. The van der Waals surface area contributed by atoms with Crippen molar-refractivity contribution in [2.45, 2.75) is 44.9 Å². The second-order valence-electron chi connectivity index (χ2n) is 9.66. The number of carbonyl (C=O) groups is 1. The highest BCUT2D eigenvalue weighted by atomic mass is 35.5. The summed E-state index contributed by atoms with van der Waals surface area (Å²) in [6.07, 6.45) is 2.11. The highest BCUT2D eigenvalue weighted by Crippen LogP contribution is 2.40. The lowest BCUT2D eigenvalue weighted by Crippen LogP contribution is -2.50. The van der Waals surface area contributed by atoms with Crippen LogP contribution in [0.3, 0.4) is 0 Å². The number of amides is 1. The van der Waals surface area contributed by atoms with E-state index >= 15 is 0 Å². The Kier molecular flexibility index (Phi) is 6.01. The third-order valence-electron chi connectivity index (χ3n) is 6.14. The van der Waals surface area contributed by atoms with Crippen molar-refractivity contribution in [2.75, 3.05) is 30.4 Å². The van der Waals surface area contributed by atoms with Crippen molar-refractivity contribution >= 4 is 57.7 Å². The molecule has 2 aliphatic heterocycles. The van der Waals surface area contributed by atoms with E-state index in [4.69, 9.17) is 37.7 Å². The van der Waals surface area contributed by atoms with Gasteiger partial charge in [-0.3, -0.25) is 0 Å². The van der Waals surface area contributed by atoms with Gasteiger partial charge in [0.1, 0.15) is 28.3 Å². The number of benzene rings is 1. The number of likely N-dealkylation sites (tertiary alicyclic amines) is 1. The number of carbonyl (C=O) groups excluding carboxylic acids is 1. The van der Waals surface area contributed by atoms with Gasteiger partial charge in [0.15, 0.2) is 11.6 Å². The van der Waals surface area contributed by atoms with Gasteiger partial charge in [-0.25, -0.2) is 19.7 Å². The zero-order chi connectivity index (χ0) is 24.9. The van der Waals surface area contributed by atoms with E-state index in [0.717, 1.165) is 12.2 Å². The summed E-state index contributed by atoms with van der Waals surface area (Å²) < 4.78 is 11.0. The van der Waals surface area contributed by atoms with Crippen molar-refractivity contribution in [2.24, 2.45) is 0 Å². The van der Waals surface area contributed by atoms with E-state index < -0.39 is 5.60 Å². The largest absolute Gasteiger partial charge is 0.493 e. The van der Waals surface area contributed by atoms with Crippen molar-refractivity contribution in [3.05, 3.63) is 40.6 Å². The molecule has 9 nitrogen and oxygen atoms in total. The molecule has 0 unspecified atom stereocenters. The summed E-state index contributed by atoms with van der Waals surface area (Å²) in [5.41, 5.74) is 1.41. The molecule has 2 aromatic heterocycles. The van der Waals surface area contributed by atoms with Crippen molar-refractivity contribution in [3.8, 4) is 5.75 Å². The first kappa shape index (κ1) is 23.7. The van der Waals surface area contributed by atoms with Gasteiger partial charge in [-0.1, -0.05) is 23.2 Å². The Labute approximate surface area is 213 Å². The number of methoxy groups -OCH3 is 1. The molecule has 0 spiro atoms. The molecule has 0 saturated carbocycles. The summed E-state index contributed by atoms with van der Waals surface area (Å²) in [7, 11) is 1.53. The lowest BCUT2D eigenvalue weighted by molar-refractivity contribution is 0.0214. The predicted molar refractivity (Wildman–Crippen MR) is 136 cm³/mol. The molecular formula is C24H26Cl2N6O3. The maximum absolute atomic E-state index is 12.6. The molecule has 11 heteroatoms. The van der Waals surface area contributed by atoms with Crippen LogP contribution in [0.15, 0.2) is 30.6 Å². The third-order valence-corrected chi connectivity index (χ3v) is 6.92. The number of aromatic nitrogens is 3. The van der Waals surface area contributed by atoms with E-state index in [-0.39, 0.29) is 18.2 Å². The lowest BCUT2D eigenvalue weighted by Gasteiger charge is -2.35. The number of rotatable bonds is 4. The molecule has 2 aliphatic rings. The van der Waals surface area contributed by atoms with Crippen molar-refractivity contribution in [1.82, 2.24) is 19.9 Å². The summed E-state index contributed by atoms with van der Waals surface area (Å²) in [5, 5.41) is 3.97. The highest BCUT2D eigenvalue weighted by Gasteiger charge is 2.47. The molecule has 3 aromatic rings. The predicted octanol–water partition coefficient (Wildman–Crippen LogP) is 5.28. The summed E-state index contributed by atoms with van der Waals surface area (Å²) in [4.78, 5) is 30.3. The molecule has 1 aromatic carbocycles. The van der Waals surface area contributed by atoms with Crippen LogP contribution in [0.1, 0.15) is 27.2 Å². The van der Waals surface area contributed by atoms with Crippen LogP contribution in [0.2, 0.25) is 10.0 Å². The van der Waals surface area contributed by atoms with Crippen molar-refractivity contribution in [1.29, 1.82) is 0 Å². The Morgan fingerprint density at radius 2 is 1.91 bits per heavy atom.